The number of hydrogen-bond donors (Lipinski definition) is 2. The zero-order valence-electron chi connectivity index (χ0n) is 11.4. The van der Waals surface area contributed by atoms with Crippen molar-refractivity contribution in [2.24, 2.45) is 0 Å². The largest absolute Gasteiger partial charge is 0.351 e. The number of para-hydroxylation sites is 1. The smallest absolute Gasteiger partial charge is 0.252 e. The van der Waals surface area contributed by atoms with Crippen LogP contribution < -0.4 is 10.9 Å². The number of rotatable bonds is 2. The average Bonchev–Trinajstić information content (AvgIpc) is 2.27. The molecule has 4 heteroatoms. The molecule has 0 unspecified atom stereocenters. The highest BCUT2D eigenvalue weighted by atomic mass is 16.2. The Morgan fingerprint density at radius 1 is 1.26 bits per heavy atom. The van der Waals surface area contributed by atoms with E-state index in [1.807, 2.05) is 45.0 Å². The number of nitrogens with one attached hydrogen (secondary N) is 2. The van der Waals surface area contributed by atoms with Crippen LogP contribution in [0.15, 0.2) is 35.1 Å². The number of pyridine rings is 1. The van der Waals surface area contributed by atoms with Crippen LogP contribution in [0.1, 0.15) is 26.3 Å². The first-order valence-corrected chi connectivity index (χ1v) is 6.27. The number of carbonyl (C=O) groups is 1. The molecule has 0 aliphatic rings. The quantitative estimate of drug-likeness (QED) is 0.865. The van der Waals surface area contributed by atoms with Crippen molar-refractivity contribution in [2.45, 2.75) is 32.7 Å². The number of fused-ring (bicyclic) bond motifs is 1. The second-order valence-corrected chi connectivity index (χ2v) is 5.69. The van der Waals surface area contributed by atoms with Gasteiger partial charge in [-0.2, -0.15) is 0 Å². The molecular weight excluding hydrogens is 240 g/mol. The number of aromatic amines is 1. The summed E-state index contributed by atoms with van der Waals surface area (Å²) >= 11 is 0. The molecule has 0 saturated heterocycles. The minimum atomic E-state index is -0.291. The maximum absolute atomic E-state index is 11.9. The highest BCUT2D eigenvalue weighted by Gasteiger charge is 2.15. The van der Waals surface area contributed by atoms with Crippen LogP contribution in [0.4, 0.5) is 0 Å². The van der Waals surface area contributed by atoms with Crippen LogP contribution in [-0.2, 0) is 11.2 Å². The van der Waals surface area contributed by atoms with Gasteiger partial charge in [0.2, 0.25) is 5.91 Å². The van der Waals surface area contributed by atoms with E-state index in [0.717, 1.165) is 10.9 Å². The van der Waals surface area contributed by atoms with Crippen LogP contribution in [0.5, 0.6) is 0 Å². The van der Waals surface area contributed by atoms with Crippen LogP contribution in [-0.4, -0.2) is 16.4 Å². The third-order valence-corrected chi connectivity index (χ3v) is 2.70. The van der Waals surface area contributed by atoms with E-state index < -0.39 is 0 Å². The second kappa shape index (κ2) is 4.88. The van der Waals surface area contributed by atoms with Crippen molar-refractivity contribution in [3.63, 3.8) is 0 Å². The summed E-state index contributed by atoms with van der Waals surface area (Å²) in [4.78, 5) is 26.5. The molecule has 0 saturated carbocycles. The van der Waals surface area contributed by atoms with E-state index in [0.29, 0.717) is 5.56 Å². The first-order chi connectivity index (χ1) is 8.85. The summed E-state index contributed by atoms with van der Waals surface area (Å²) in [6, 6.07) is 9.30. The highest BCUT2D eigenvalue weighted by molar-refractivity contribution is 5.82. The van der Waals surface area contributed by atoms with E-state index >= 15 is 0 Å². The number of amides is 1. The number of H-pyrrole nitrogens is 1. The second-order valence-electron chi connectivity index (χ2n) is 5.69. The van der Waals surface area contributed by atoms with Gasteiger partial charge in [0.1, 0.15) is 0 Å². The van der Waals surface area contributed by atoms with E-state index in [1.54, 1.807) is 6.07 Å². The minimum Gasteiger partial charge on any atom is -0.351 e. The highest BCUT2D eigenvalue weighted by Crippen LogP contribution is 2.10. The normalized spacial score (nSPS) is 11.5. The maximum atomic E-state index is 11.9. The van der Waals surface area contributed by atoms with Gasteiger partial charge in [0, 0.05) is 16.6 Å². The Bertz CT molecular complexity index is 666. The van der Waals surface area contributed by atoms with Crippen LogP contribution in [0.3, 0.4) is 0 Å². The molecule has 1 aromatic heterocycles. The molecule has 1 amide bonds. The first-order valence-electron chi connectivity index (χ1n) is 6.27. The fourth-order valence-corrected chi connectivity index (χ4v) is 1.96. The Labute approximate surface area is 111 Å². The summed E-state index contributed by atoms with van der Waals surface area (Å²) in [6.45, 7) is 5.74. The van der Waals surface area contributed by atoms with Crippen molar-refractivity contribution in [2.75, 3.05) is 0 Å². The van der Waals surface area contributed by atoms with E-state index in [2.05, 4.69) is 10.3 Å². The summed E-state index contributed by atoms with van der Waals surface area (Å²) < 4.78 is 0. The summed E-state index contributed by atoms with van der Waals surface area (Å²) in [5.74, 6) is -0.145. The molecule has 0 bridgehead atoms. The molecule has 1 aromatic carbocycles. The molecule has 1 heterocycles. The minimum absolute atomic E-state index is 0.0947. The van der Waals surface area contributed by atoms with Crippen LogP contribution in [0.25, 0.3) is 10.9 Å². The third-order valence-electron chi connectivity index (χ3n) is 2.70. The zero-order chi connectivity index (χ0) is 14.0. The lowest BCUT2D eigenvalue weighted by molar-refractivity contribution is -0.121. The number of hydrogen-bond acceptors (Lipinski definition) is 2. The van der Waals surface area contributed by atoms with Crippen molar-refractivity contribution in [1.82, 2.24) is 10.3 Å². The van der Waals surface area contributed by atoms with Gasteiger partial charge in [-0.3, -0.25) is 9.59 Å². The van der Waals surface area contributed by atoms with Crippen LogP contribution >= 0.6 is 0 Å². The Morgan fingerprint density at radius 3 is 2.63 bits per heavy atom. The van der Waals surface area contributed by atoms with Crippen molar-refractivity contribution in [3.05, 3.63) is 46.2 Å². The lowest BCUT2D eigenvalue weighted by atomic mass is 10.1. The van der Waals surface area contributed by atoms with Crippen molar-refractivity contribution in [1.29, 1.82) is 0 Å². The SMILES string of the molecule is CC(C)(C)NC(=O)Cc1cc2ccccc2[nH]c1=O. The van der Waals surface area contributed by atoms with Gasteiger partial charge in [0.05, 0.1) is 6.42 Å². The first kappa shape index (κ1) is 13.3. The molecule has 0 radical (unpaired) electrons. The molecule has 4 nitrogen and oxygen atoms in total. The molecule has 0 fully saturated rings. The van der Waals surface area contributed by atoms with E-state index in [-0.39, 0.29) is 23.4 Å². The van der Waals surface area contributed by atoms with Crippen molar-refractivity contribution in [3.8, 4) is 0 Å². The predicted molar refractivity (Wildman–Crippen MR) is 76.2 cm³/mol. The summed E-state index contributed by atoms with van der Waals surface area (Å²) in [7, 11) is 0. The molecule has 0 atom stereocenters. The predicted octanol–water partition coefficient (Wildman–Crippen LogP) is 1.99. The Balaban J connectivity index is 2.28. The number of benzene rings is 1. The van der Waals surface area contributed by atoms with Gasteiger partial charge in [0.25, 0.3) is 5.56 Å². The van der Waals surface area contributed by atoms with Crippen LogP contribution in [0, 0.1) is 0 Å². The van der Waals surface area contributed by atoms with Gasteiger partial charge in [0.15, 0.2) is 0 Å². The summed E-state index contributed by atoms with van der Waals surface area (Å²) in [5, 5.41) is 3.78. The monoisotopic (exact) mass is 258 g/mol. The van der Waals surface area contributed by atoms with Gasteiger partial charge in [-0.15, -0.1) is 0 Å². The van der Waals surface area contributed by atoms with Gasteiger partial charge in [-0.1, -0.05) is 18.2 Å². The lowest BCUT2D eigenvalue weighted by Crippen LogP contribution is -2.42. The number of aromatic nitrogens is 1. The average molecular weight is 258 g/mol. The van der Waals surface area contributed by atoms with Gasteiger partial charge >= 0.3 is 0 Å². The standard InChI is InChI=1S/C15H18N2O2/c1-15(2,3)17-13(18)9-11-8-10-6-4-5-7-12(10)16-14(11)19/h4-8H,9H2,1-3H3,(H,16,19)(H,17,18). The zero-order valence-corrected chi connectivity index (χ0v) is 11.4. The van der Waals surface area contributed by atoms with E-state index in [1.165, 1.54) is 0 Å². The molecule has 2 aromatic rings. The van der Waals surface area contributed by atoms with Gasteiger partial charge < -0.3 is 10.3 Å². The Morgan fingerprint density at radius 2 is 1.95 bits per heavy atom. The van der Waals surface area contributed by atoms with E-state index in [4.69, 9.17) is 0 Å². The summed E-state index contributed by atoms with van der Waals surface area (Å²) in [5.41, 5.74) is 0.774. The molecule has 0 aliphatic carbocycles. The molecule has 2 rings (SSSR count). The fraction of sp³-hybridized carbons (Fsp3) is 0.333. The van der Waals surface area contributed by atoms with Gasteiger partial charge in [-0.05, 0) is 38.3 Å². The fourth-order valence-electron chi connectivity index (χ4n) is 1.96. The third kappa shape index (κ3) is 3.44. The van der Waals surface area contributed by atoms with E-state index in [9.17, 15) is 9.59 Å². The topological polar surface area (TPSA) is 62.0 Å². The Hall–Kier alpha value is -2.10. The van der Waals surface area contributed by atoms with Gasteiger partial charge in [-0.25, -0.2) is 0 Å². The number of carbonyl (C=O) groups excluding carboxylic acids is 1. The summed E-state index contributed by atoms with van der Waals surface area (Å²) in [6.07, 6.45) is 0.0947. The maximum Gasteiger partial charge on any atom is 0.252 e. The molecule has 19 heavy (non-hydrogen) atoms. The lowest BCUT2D eigenvalue weighted by Gasteiger charge is -2.20. The molecule has 2 N–H and O–H groups in total. The molecule has 0 spiro atoms. The molecular formula is C15H18N2O2. The van der Waals surface area contributed by atoms with Crippen molar-refractivity contribution >= 4 is 16.8 Å². The Kier molecular flexibility index (Phi) is 3.42. The molecule has 0 aliphatic heterocycles. The molecule has 100 valence electrons. The van der Waals surface area contributed by atoms with Crippen molar-refractivity contribution < 1.29 is 4.79 Å². The van der Waals surface area contributed by atoms with Crippen LogP contribution in [0.2, 0.25) is 0 Å².